The van der Waals surface area contributed by atoms with E-state index in [1.54, 1.807) is 13.8 Å². The SMILES string of the molecule is C=C(C)C(=O)O/C=C(\C)C(=O)OCC1CCC(C2CCC(=O)CC2)CC1. The Morgan fingerprint density at radius 2 is 1.58 bits per heavy atom. The number of carbonyl (C=O) groups is 3. The molecule has 0 heterocycles. The predicted octanol–water partition coefficient (Wildman–Crippen LogP) is 4.12. The van der Waals surface area contributed by atoms with Crippen LogP contribution in [0.1, 0.15) is 65.2 Å². The van der Waals surface area contributed by atoms with Crippen molar-refractivity contribution in [3.8, 4) is 0 Å². The van der Waals surface area contributed by atoms with E-state index in [-0.39, 0.29) is 11.1 Å². The minimum atomic E-state index is -0.556. The summed E-state index contributed by atoms with van der Waals surface area (Å²) in [5, 5.41) is 0. The van der Waals surface area contributed by atoms with Gasteiger partial charge in [0, 0.05) is 18.4 Å². The Labute approximate surface area is 155 Å². The van der Waals surface area contributed by atoms with Crippen molar-refractivity contribution in [1.29, 1.82) is 0 Å². The molecule has 0 aromatic carbocycles. The van der Waals surface area contributed by atoms with Crippen molar-refractivity contribution in [2.24, 2.45) is 17.8 Å². The first-order valence-electron chi connectivity index (χ1n) is 9.59. The second-order valence-electron chi connectivity index (χ2n) is 7.74. The molecule has 0 aromatic rings. The molecule has 0 unspecified atom stereocenters. The van der Waals surface area contributed by atoms with E-state index in [9.17, 15) is 14.4 Å². The maximum absolute atomic E-state index is 12.0. The molecule has 2 rings (SSSR count). The van der Waals surface area contributed by atoms with Crippen molar-refractivity contribution in [3.63, 3.8) is 0 Å². The Morgan fingerprint density at radius 1 is 1.00 bits per heavy atom. The second-order valence-corrected chi connectivity index (χ2v) is 7.74. The first-order chi connectivity index (χ1) is 12.4. The average Bonchev–Trinajstić information content (AvgIpc) is 2.64. The van der Waals surface area contributed by atoms with Crippen molar-refractivity contribution >= 4 is 17.7 Å². The maximum atomic E-state index is 12.0. The van der Waals surface area contributed by atoms with E-state index < -0.39 is 11.9 Å². The Bertz CT molecular complexity index is 571. The Balaban J connectivity index is 1.68. The van der Waals surface area contributed by atoms with Gasteiger partial charge in [0.25, 0.3) is 0 Å². The van der Waals surface area contributed by atoms with Crippen LogP contribution >= 0.6 is 0 Å². The van der Waals surface area contributed by atoms with Crippen LogP contribution in [0.15, 0.2) is 24.0 Å². The number of esters is 2. The van der Waals surface area contributed by atoms with Crippen LogP contribution in [0.3, 0.4) is 0 Å². The van der Waals surface area contributed by atoms with E-state index in [0.717, 1.165) is 63.5 Å². The third-order valence-electron chi connectivity index (χ3n) is 5.61. The molecule has 5 heteroatoms. The second kappa shape index (κ2) is 9.70. The molecule has 0 radical (unpaired) electrons. The number of carbonyl (C=O) groups excluding carboxylic acids is 3. The van der Waals surface area contributed by atoms with Crippen LogP contribution in [0.5, 0.6) is 0 Å². The zero-order chi connectivity index (χ0) is 19.1. The molecule has 0 bridgehead atoms. The number of Topliss-reactive ketones (excluding diaryl/α,β-unsaturated/α-hetero) is 1. The summed E-state index contributed by atoms with van der Waals surface area (Å²) < 4.78 is 10.2. The van der Waals surface area contributed by atoms with Crippen LogP contribution < -0.4 is 0 Å². The Hall–Kier alpha value is -1.91. The van der Waals surface area contributed by atoms with Gasteiger partial charge >= 0.3 is 11.9 Å². The summed E-state index contributed by atoms with van der Waals surface area (Å²) in [5.41, 5.74) is 0.543. The summed E-state index contributed by atoms with van der Waals surface area (Å²) in [6.45, 7) is 7.00. The van der Waals surface area contributed by atoms with E-state index >= 15 is 0 Å². The van der Waals surface area contributed by atoms with Gasteiger partial charge < -0.3 is 9.47 Å². The predicted molar refractivity (Wildman–Crippen MR) is 98.0 cm³/mol. The van der Waals surface area contributed by atoms with Gasteiger partial charge in [-0.2, -0.15) is 0 Å². The molecule has 0 N–H and O–H groups in total. The molecule has 0 atom stereocenters. The van der Waals surface area contributed by atoms with Crippen molar-refractivity contribution < 1.29 is 23.9 Å². The number of ketones is 1. The third kappa shape index (κ3) is 6.11. The van der Waals surface area contributed by atoms with E-state index in [0.29, 0.717) is 24.2 Å². The third-order valence-corrected chi connectivity index (χ3v) is 5.61. The topological polar surface area (TPSA) is 69.7 Å². The fourth-order valence-electron chi connectivity index (χ4n) is 3.86. The smallest absolute Gasteiger partial charge is 0.337 e. The van der Waals surface area contributed by atoms with Crippen molar-refractivity contribution in [2.75, 3.05) is 6.61 Å². The lowest BCUT2D eigenvalue weighted by Crippen LogP contribution is -2.27. The molecule has 0 saturated heterocycles. The minimum absolute atomic E-state index is 0.264. The van der Waals surface area contributed by atoms with E-state index in [4.69, 9.17) is 9.47 Å². The van der Waals surface area contributed by atoms with Gasteiger partial charge in [0.15, 0.2) is 0 Å². The quantitative estimate of drug-likeness (QED) is 0.404. The van der Waals surface area contributed by atoms with E-state index in [2.05, 4.69) is 6.58 Å². The summed E-state index contributed by atoms with van der Waals surface area (Å²) in [6, 6.07) is 0. The van der Waals surface area contributed by atoms with Crippen LogP contribution in [-0.4, -0.2) is 24.3 Å². The van der Waals surface area contributed by atoms with Gasteiger partial charge in [0.1, 0.15) is 12.0 Å². The first-order valence-corrected chi connectivity index (χ1v) is 9.59. The molecule has 0 aliphatic heterocycles. The number of ether oxygens (including phenoxy) is 2. The highest BCUT2D eigenvalue weighted by atomic mass is 16.5. The highest BCUT2D eigenvalue weighted by Gasteiger charge is 2.30. The number of hydrogen-bond acceptors (Lipinski definition) is 5. The molecule has 2 aliphatic carbocycles. The Kier molecular flexibility index (Phi) is 7.61. The lowest BCUT2D eigenvalue weighted by molar-refractivity contribution is -0.141. The van der Waals surface area contributed by atoms with Crippen LogP contribution in [-0.2, 0) is 23.9 Å². The molecule has 144 valence electrons. The molecular weight excluding hydrogens is 332 g/mol. The lowest BCUT2D eigenvalue weighted by atomic mass is 9.71. The van der Waals surface area contributed by atoms with Crippen molar-refractivity contribution in [2.45, 2.75) is 65.2 Å². The molecule has 2 fully saturated rings. The average molecular weight is 362 g/mol. The molecule has 26 heavy (non-hydrogen) atoms. The molecular formula is C21H30O5. The molecule has 5 nitrogen and oxygen atoms in total. The Morgan fingerprint density at radius 3 is 2.15 bits per heavy atom. The van der Waals surface area contributed by atoms with Gasteiger partial charge in [-0.15, -0.1) is 0 Å². The molecule has 0 spiro atoms. The normalized spacial score (nSPS) is 24.8. The zero-order valence-electron chi connectivity index (χ0n) is 15.9. The highest BCUT2D eigenvalue weighted by molar-refractivity contribution is 5.90. The largest absolute Gasteiger partial charge is 0.462 e. The minimum Gasteiger partial charge on any atom is -0.462 e. The maximum Gasteiger partial charge on any atom is 0.337 e. The summed E-state index contributed by atoms with van der Waals surface area (Å²) in [4.78, 5) is 34.7. The highest BCUT2D eigenvalue weighted by Crippen LogP contribution is 2.39. The monoisotopic (exact) mass is 362 g/mol. The van der Waals surface area contributed by atoms with Crippen LogP contribution in [0.4, 0.5) is 0 Å². The molecule has 0 amide bonds. The van der Waals surface area contributed by atoms with E-state index in [1.807, 2.05) is 0 Å². The number of hydrogen-bond donors (Lipinski definition) is 0. The van der Waals surface area contributed by atoms with Gasteiger partial charge in [0.2, 0.25) is 0 Å². The fraction of sp³-hybridized carbons (Fsp3) is 0.667. The summed E-state index contributed by atoms with van der Waals surface area (Å²) in [5.74, 6) is 1.22. The molecule has 2 aliphatic rings. The van der Waals surface area contributed by atoms with Crippen LogP contribution in [0.25, 0.3) is 0 Å². The molecule has 2 saturated carbocycles. The summed E-state index contributed by atoms with van der Waals surface area (Å²) in [6.07, 6.45) is 9.18. The molecule has 0 aromatic heterocycles. The van der Waals surface area contributed by atoms with Gasteiger partial charge in [-0.1, -0.05) is 6.58 Å². The van der Waals surface area contributed by atoms with Crippen LogP contribution in [0.2, 0.25) is 0 Å². The van der Waals surface area contributed by atoms with Gasteiger partial charge in [-0.25, -0.2) is 9.59 Å². The summed E-state index contributed by atoms with van der Waals surface area (Å²) in [7, 11) is 0. The zero-order valence-corrected chi connectivity index (χ0v) is 15.9. The number of rotatable bonds is 6. The van der Waals surface area contributed by atoms with Gasteiger partial charge in [-0.3, -0.25) is 4.79 Å². The fourth-order valence-corrected chi connectivity index (χ4v) is 3.86. The standard InChI is InChI=1S/C21H30O5/c1-14(2)20(23)25-12-15(3)21(24)26-13-16-4-6-17(7-5-16)18-8-10-19(22)11-9-18/h12,16-18H,1,4-11,13H2,2-3H3/b15-12+. The van der Waals surface area contributed by atoms with Crippen LogP contribution in [0, 0.1) is 17.8 Å². The van der Waals surface area contributed by atoms with Crippen molar-refractivity contribution in [1.82, 2.24) is 0 Å². The van der Waals surface area contributed by atoms with Gasteiger partial charge in [0.05, 0.1) is 12.2 Å². The lowest BCUT2D eigenvalue weighted by Gasteiger charge is -2.35. The van der Waals surface area contributed by atoms with Gasteiger partial charge in [-0.05, 0) is 70.1 Å². The van der Waals surface area contributed by atoms with E-state index in [1.165, 1.54) is 0 Å². The first kappa shape index (κ1) is 20.4. The summed E-state index contributed by atoms with van der Waals surface area (Å²) >= 11 is 0. The van der Waals surface area contributed by atoms with Crippen molar-refractivity contribution in [3.05, 3.63) is 24.0 Å².